The van der Waals surface area contributed by atoms with Crippen molar-refractivity contribution in [2.24, 2.45) is 0 Å². The van der Waals surface area contributed by atoms with Crippen LogP contribution in [0, 0.1) is 4.77 Å². The summed E-state index contributed by atoms with van der Waals surface area (Å²) >= 11 is 5.02. The first-order chi connectivity index (χ1) is 10.2. The molecule has 0 aliphatic carbocycles. The zero-order chi connectivity index (χ0) is 14.8. The first-order valence-electron chi connectivity index (χ1n) is 6.98. The molecule has 5 nitrogen and oxygen atoms in total. The van der Waals surface area contributed by atoms with E-state index in [2.05, 4.69) is 34.1 Å². The summed E-state index contributed by atoms with van der Waals surface area (Å²) in [5.41, 5.74) is 2.61. The Morgan fingerprint density at radius 1 is 1.24 bits per heavy atom. The van der Waals surface area contributed by atoms with Gasteiger partial charge in [0.2, 0.25) is 0 Å². The number of hydrogen-bond acceptors (Lipinski definition) is 3. The number of benzene rings is 1. The molecular formula is C15H16N4OS. The molecule has 108 valence electrons. The molecule has 0 radical (unpaired) electrons. The first-order valence-corrected chi connectivity index (χ1v) is 7.39. The lowest BCUT2D eigenvalue weighted by Gasteiger charge is -2.05. The minimum Gasteiger partial charge on any atom is -0.316 e. The largest absolute Gasteiger partial charge is 0.316 e. The van der Waals surface area contributed by atoms with E-state index in [-0.39, 0.29) is 5.56 Å². The number of aromatic nitrogens is 4. The van der Waals surface area contributed by atoms with Gasteiger partial charge in [0, 0.05) is 0 Å². The van der Waals surface area contributed by atoms with Gasteiger partial charge in [-0.05, 0) is 42.8 Å². The summed E-state index contributed by atoms with van der Waals surface area (Å²) in [4.78, 5) is 17.4. The second-order valence-electron chi connectivity index (χ2n) is 5.00. The minimum atomic E-state index is -0.223. The van der Waals surface area contributed by atoms with E-state index in [9.17, 15) is 4.79 Å². The Hall–Kier alpha value is -2.21. The van der Waals surface area contributed by atoms with E-state index in [1.807, 2.05) is 12.1 Å². The van der Waals surface area contributed by atoms with E-state index < -0.39 is 0 Å². The van der Waals surface area contributed by atoms with Gasteiger partial charge in [0.05, 0.1) is 11.9 Å². The topological polar surface area (TPSA) is 66.5 Å². The van der Waals surface area contributed by atoms with Crippen LogP contribution >= 0.6 is 12.2 Å². The normalized spacial score (nSPS) is 11.1. The molecule has 2 aromatic heterocycles. The number of unbranched alkanes of at least 4 members (excludes halogenated alkanes) is 1. The van der Waals surface area contributed by atoms with E-state index in [4.69, 9.17) is 12.2 Å². The van der Waals surface area contributed by atoms with Gasteiger partial charge in [-0.2, -0.15) is 5.10 Å². The van der Waals surface area contributed by atoms with Gasteiger partial charge in [-0.3, -0.25) is 9.78 Å². The third kappa shape index (κ3) is 2.67. The Balaban J connectivity index is 2.04. The molecule has 0 atom stereocenters. The monoisotopic (exact) mass is 300 g/mol. The second-order valence-corrected chi connectivity index (χ2v) is 5.41. The van der Waals surface area contributed by atoms with Crippen LogP contribution in [-0.2, 0) is 6.42 Å². The van der Waals surface area contributed by atoms with Crippen molar-refractivity contribution < 1.29 is 0 Å². The maximum Gasteiger partial charge on any atom is 0.262 e. The molecular weight excluding hydrogens is 284 g/mol. The highest BCUT2D eigenvalue weighted by Crippen LogP contribution is 2.15. The molecule has 2 N–H and O–H groups in total. The van der Waals surface area contributed by atoms with Crippen molar-refractivity contribution in [2.45, 2.75) is 26.2 Å². The zero-order valence-electron chi connectivity index (χ0n) is 11.7. The number of hydrogen-bond donors (Lipinski definition) is 2. The average Bonchev–Trinajstić information content (AvgIpc) is 2.89. The minimum absolute atomic E-state index is 0.223. The Bertz CT molecular complexity index is 873. The van der Waals surface area contributed by atoms with Crippen molar-refractivity contribution in [3.63, 3.8) is 0 Å². The summed E-state index contributed by atoms with van der Waals surface area (Å²) < 4.78 is 2.00. The van der Waals surface area contributed by atoms with Crippen molar-refractivity contribution in [2.75, 3.05) is 0 Å². The molecule has 21 heavy (non-hydrogen) atoms. The maximum absolute atomic E-state index is 11.8. The molecule has 6 heteroatoms. The summed E-state index contributed by atoms with van der Waals surface area (Å²) in [6.07, 6.45) is 5.00. The summed E-state index contributed by atoms with van der Waals surface area (Å²) in [7, 11) is 0. The van der Waals surface area contributed by atoms with Crippen LogP contribution in [0.3, 0.4) is 0 Å². The number of fused-ring (bicyclic) bond motifs is 1. The number of aryl methyl sites for hydroxylation is 1. The standard InChI is InChI=1S/C15H16N4OS/c1-2-3-4-10-5-7-11(8-6-10)19-13-12(9-16-19)14(20)18-15(21)17-13/h5-9H,2-4H2,1H3,(H2,17,18,20,21). The summed E-state index contributed by atoms with van der Waals surface area (Å²) in [6, 6.07) is 8.21. The zero-order valence-corrected chi connectivity index (χ0v) is 12.5. The van der Waals surface area contributed by atoms with E-state index >= 15 is 0 Å². The van der Waals surface area contributed by atoms with Crippen LogP contribution in [0.4, 0.5) is 0 Å². The lowest BCUT2D eigenvalue weighted by Crippen LogP contribution is -2.08. The van der Waals surface area contributed by atoms with Gasteiger partial charge >= 0.3 is 0 Å². The molecule has 0 spiro atoms. The lowest BCUT2D eigenvalue weighted by atomic mass is 10.1. The van der Waals surface area contributed by atoms with Crippen molar-refractivity contribution in [3.8, 4) is 5.69 Å². The number of nitrogens with zero attached hydrogens (tertiary/aromatic N) is 2. The van der Waals surface area contributed by atoms with Gasteiger partial charge in [0.15, 0.2) is 4.77 Å². The van der Waals surface area contributed by atoms with Crippen molar-refractivity contribution in [1.29, 1.82) is 0 Å². The van der Waals surface area contributed by atoms with Crippen LogP contribution in [0.5, 0.6) is 0 Å². The van der Waals surface area contributed by atoms with E-state index in [1.54, 1.807) is 10.9 Å². The third-order valence-electron chi connectivity index (χ3n) is 3.47. The lowest BCUT2D eigenvalue weighted by molar-refractivity contribution is 0.794. The van der Waals surface area contributed by atoms with Gasteiger partial charge in [0.25, 0.3) is 5.56 Å². The fraction of sp³-hybridized carbons (Fsp3) is 0.267. The number of H-pyrrole nitrogens is 2. The maximum atomic E-state index is 11.8. The second kappa shape index (κ2) is 5.65. The fourth-order valence-electron chi connectivity index (χ4n) is 2.32. The van der Waals surface area contributed by atoms with Gasteiger partial charge in [0.1, 0.15) is 11.0 Å². The molecule has 1 aromatic carbocycles. The number of aromatic amines is 2. The highest BCUT2D eigenvalue weighted by molar-refractivity contribution is 7.71. The van der Waals surface area contributed by atoms with Gasteiger partial charge in [-0.1, -0.05) is 25.5 Å². The van der Waals surface area contributed by atoms with E-state index in [1.165, 1.54) is 18.4 Å². The van der Waals surface area contributed by atoms with Crippen molar-refractivity contribution in [3.05, 3.63) is 51.2 Å². The highest BCUT2D eigenvalue weighted by atomic mass is 32.1. The predicted molar refractivity (Wildman–Crippen MR) is 85.5 cm³/mol. The van der Waals surface area contributed by atoms with Gasteiger partial charge in [-0.15, -0.1) is 0 Å². The summed E-state index contributed by atoms with van der Waals surface area (Å²) in [5, 5.41) is 4.78. The van der Waals surface area contributed by atoms with Gasteiger partial charge < -0.3 is 4.98 Å². The molecule has 0 fully saturated rings. The Kier molecular flexibility index (Phi) is 3.70. The summed E-state index contributed by atoms with van der Waals surface area (Å²) in [6.45, 7) is 2.18. The number of nitrogens with one attached hydrogen (secondary N) is 2. The Morgan fingerprint density at radius 2 is 2.00 bits per heavy atom. The molecule has 3 rings (SSSR count). The molecule has 0 aliphatic heterocycles. The molecule has 0 unspecified atom stereocenters. The quantitative estimate of drug-likeness (QED) is 0.728. The van der Waals surface area contributed by atoms with Crippen LogP contribution in [0.1, 0.15) is 25.3 Å². The number of rotatable bonds is 4. The van der Waals surface area contributed by atoms with E-state index in [0.29, 0.717) is 15.8 Å². The fourth-order valence-corrected chi connectivity index (χ4v) is 2.51. The van der Waals surface area contributed by atoms with E-state index in [0.717, 1.165) is 12.1 Å². The van der Waals surface area contributed by atoms with Crippen LogP contribution in [-0.4, -0.2) is 19.7 Å². The van der Waals surface area contributed by atoms with Crippen LogP contribution in [0.15, 0.2) is 35.3 Å². The smallest absolute Gasteiger partial charge is 0.262 e. The molecule has 0 saturated carbocycles. The van der Waals surface area contributed by atoms with Crippen LogP contribution in [0.25, 0.3) is 16.7 Å². The summed E-state index contributed by atoms with van der Waals surface area (Å²) in [5.74, 6) is 0. The molecule has 3 aromatic rings. The van der Waals surface area contributed by atoms with Crippen LogP contribution in [0.2, 0.25) is 0 Å². The average molecular weight is 300 g/mol. The SMILES string of the molecule is CCCCc1ccc(-n2ncc3c(=O)[nH]c(=S)[nH]c32)cc1. The first kappa shape index (κ1) is 13.8. The predicted octanol–water partition coefficient (Wildman–Crippen LogP) is 3.11. The van der Waals surface area contributed by atoms with Crippen molar-refractivity contribution in [1.82, 2.24) is 19.7 Å². The molecule has 0 bridgehead atoms. The third-order valence-corrected chi connectivity index (χ3v) is 3.68. The Labute approximate surface area is 126 Å². The molecule has 2 heterocycles. The van der Waals surface area contributed by atoms with Crippen LogP contribution < -0.4 is 5.56 Å². The molecule has 0 amide bonds. The highest BCUT2D eigenvalue weighted by Gasteiger charge is 2.08. The van der Waals surface area contributed by atoms with Gasteiger partial charge in [-0.25, -0.2) is 4.68 Å². The molecule has 0 aliphatic rings. The molecule has 0 saturated heterocycles. The van der Waals surface area contributed by atoms with Crippen molar-refractivity contribution >= 4 is 23.3 Å². The Morgan fingerprint density at radius 3 is 2.71 bits per heavy atom.